The molecule has 0 saturated heterocycles. The molecule has 0 unspecified atom stereocenters. The van der Waals surface area contributed by atoms with Gasteiger partial charge in [0.05, 0.1) is 0 Å². The molecule has 0 aromatic heterocycles. The summed E-state index contributed by atoms with van der Waals surface area (Å²) in [7, 11) is 0. The third-order valence-electron chi connectivity index (χ3n) is 5.91. The van der Waals surface area contributed by atoms with Gasteiger partial charge in [-0.1, -0.05) is 105 Å². The fourth-order valence-electron chi connectivity index (χ4n) is 4.37. The van der Waals surface area contributed by atoms with E-state index in [1.54, 1.807) is 0 Å². The number of fused-ring (bicyclic) bond motifs is 3. The number of hydrogen-bond donors (Lipinski definition) is 0. The molecule has 0 atom stereocenters. The van der Waals surface area contributed by atoms with Crippen molar-refractivity contribution in [3.8, 4) is 33.4 Å². The Bertz CT molecular complexity index is 1120. The maximum absolute atomic E-state index is 2.38. The van der Waals surface area contributed by atoms with Gasteiger partial charge in [-0.05, 0) is 50.6 Å². The van der Waals surface area contributed by atoms with Crippen LogP contribution in [0.4, 0.5) is 0 Å². The lowest BCUT2D eigenvalue weighted by molar-refractivity contribution is 0.660. The first-order chi connectivity index (χ1) is 13.1. The molecule has 130 valence electrons. The fraction of sp³-hybridized carbons (Fsp3) is 0.111. The summed E-state index contributed by atoms with van der Waals surface area (Å²) in [5.74, 6) is 0. The molecule has 0 spiro atoms. The molecule has 0 saturated carbocycles. The number of hydrogen-bond acceptors (Lipinski definition) is 0. The first-order valence-electron chi connectivity index (χ1n) is 9.55. The van der Waals surface area contributed by atoms with Crippen LogP contribution in [0.2, 0.25) is 0 Å². The summed E-state index contributed by atoms with van der Waals surface area (Å²) in [4.78, 5) is 0. The molecule has 5 rings (SSSR count). The zero-order valence-electron chi connectivity index (χ0n) is 15.7. The van der Waals surface area contributed by atoms with E-state index >= 15 is 0 Å². The maximum Gasteiger partial charge on any atom is 0.0159 e. The Kier molecular flexibility index (Phi) is 3.55. The third kappa shape index (κ3) is 2.52. The molecule has 27 heavy (non-hydrogen) atoms. The highest BCUT2D eigenvalue weighted by atomic mass is 14.4. The Labute approximate surface area is 161 Å². The molecule has 0 N–H and O–H groups in total. The van der Waals surface area contributed by atoms with E-state index in [0.717, 1.165) is 0 Å². The summed E-state index contributed by atoms with van der Waals surface area (Å²) >= 11 is 0. The highest BCUT2D eigenvalue weighted by Crippen LogP contribution is 2.49. The Morgan fingerprint density at radius 1 is 0.444 bits per heavy atom. The minimum absolute atomic E-state index is 0.0475. The third-order valence-corrected chi connectivity index (χ3v) is 5.91. The fourth-order valence-corrected chi connectivity index (χ4v) is 4.37. The molecule has 0 heterocycles. The van der Waals surface area contributed by atoms with Crippen molar-refractivity contribution in [2.24, 2.45) is 0 Å². The van der Waals surface area contributed by atoms with Gasteiger partial charge in [-0.15, -0.1) is 0 Å². The average molecular weight is 346 g/mol. The van der Waals surface area contributed by atoms with Crippen LogP contribution in [0.1, 0.15) is 25.0 Å². The van der Waals surface area contributed by atoms with E-state index in [9.17, 15) is 0 Å². The molecule has 0 heteroatoms. The van der Waals surface area contributed by atoms with Crippen molar-refractivity contribution in [2.45, 2.75) is 19.3 Å². The van der Waals surface area contributed by atoms with Gasteiger partial charge in [0.2, 0.25) is 0 Å². The summed E-state index contributed by atoms with van der Waals surface area (Å²) in [6.07, 6.45) is 0. The van der Waals surface area contributed by atoms with Gasteiger partial charge in [-0.2, -0.15) is 0 Å². The molecular formula is C27H22. The lowest BCUT2D eigenvalue weighted by atomic mass is 9.81. The molecule has 4 aromatic rings. The van der Waals surface area contributed by atoms with Crippen LogP contribution >= 0.6 is 0 Å². The number of benzene rings is 4. The van der Waals surface area contributed by atoms with Crippen LogP contribution in [0.5, 0.6) is 0 Å². The molecule has 4 aromatic carbocycles. The van der Waals surface area contributed by atoms with Crippen molar-refractivity contribution < 1.29 is 0 Å². The Morgan fingerprint density at radius 2 is 0.963 bits per heavy atom. The van der Waals surface area contributed by atoms with Crippen LogP contribution in [-0.4, -0.2) is 0 Å². The summed E-state index contributed by atoms with van der Waals surface area (Å²) in [6, 6.07) is 35.2. The second-order valence-corrected chi connectivity index (χ2v) is 7.87. The van der Waals surface area contributed by atoms with E-state index in [2.05, 4.69) is 111 Å². The molecule has 1 aliphatic carbocycles. The van der Waals surface area contributed by atoms with Gasteiger partial charge >= 0.3 is 0 Å². The van der Waals surface area contributed by atoms with Gasteiger partial charge in [0, 0.05) is 5.41 Å². The monoisotopic (exact) mass is 346 g/mol. The lowest BCUT2D eigenvalue weighted by Crippen LogP contribution is -2.14. The molecule has 0 bridgehead atoms. The Balaban J connectivity index is 1.56. The van der Waals surface area contributed by atoms with E-state index in [4.69, 9.17) is 0 Å². The average Bonchev–Trinajstić information content (AvgIpc) is 2.96. The normalized spacial score (nSPS) is 13.9. The van der Waals surface area contributed by atoms with Crippen LogP contribution in [0.25, 0.3) is 33.4 Å². The van der Waals surface area contributed by atoms with Gasteiger partial charge in [0.25, 0.3) is 0 Å². The van der Waals surface area contributed by atoms with E-state index in [1.165, 1.54) is 44.5 Å². The minimum atomic E-state index is 0.0475. The highest BCUT2D eigenvalue weighted by molar-refractivity contribution is 5.83. The topological polar surface area (TPSA) is 0 Å². The predicted octanol–water partition coefficient (Wildman–Crippen LogP) is 7.33. The van der Waals surface area contributed by atoms with Gasteiger partial charge in [-0.25, -0.2) is 0 Å². The molecule has 0 aliphatic heterocycles. The van der Waals surface area contributed by atoms with Crippen molar-refractivity contribution in [3.63, 3.8) is 0 Å². The zero-order valence-corrected chi connectivity index (χ0v) is 15.7. The van der Waals surface area contributed by atoms with E-state index in [1.807, 2.05) is 0 Å². The van der Waals surface area contributed by atoms with Gasteiger partial charge in [0.15, 0.2) is 0 Å². The van der Waals surface area contributed by atoms with Gasteiger partial charge in [0.1, 0.15) is 0 Å². The molecule has 0 fully saturated rings. The standard InChI is InChI=1S/C27H22/c1-27(2)25-11-7-6-10-23(25)24-17-16-22(18-26(24)27)21-14-12-20(13-15-21)19-8-4-3-5-9-19/h3-18H,1-2H3. The van der Waals surface area contributed by atoms with Crippen LogP contribution in [-0.2, 0) is 5.41 Å². The van der Waals surface area contributed by atoms with Crippen molar-refractivity contribution >= 4 is 0 Å². The first kappa shape index (κ1) is 16.1. The van der Waals surface area contributed by atoms with Crippen molar-refractivity contribution in [2.75, 3.05) is 0 Å². The summed E-state index contributed by atoms with van der Waals surface area (Å²) in [5, 5.41) is 0. The van der Waals surface area contributed by atoms with E-state index < -0.39 is 0 Å². The Hall–Kier alpha value is -3.12. The first-order valence-corrected chi connectivity index (χ1v) is 9.55. The van der Waals surface area contributed by atoms with Crippen LogP contribution in [0.3, 0.4) is 0 Å². The largest absolute Gasteiger partial charge is 0.0622 e. The highest BCUT2D eigenvalue weighted by Gasteiger charge is 2.35. The molecule has 1 aliphatic rings. The smallest absolute Gasteiger partial charge is 0.0159 e. The molecule has 0 radical (unpaired) electrons. The maximum atomic E-state index is 2.38. The predicted molar refractivity (Wildman–Crippen MR) is 115 cm³/mol. The SMILES string of the molecule is CC1(C)c2ccccc2-c2ccc(-c3ccc(-c4ccccc4)cc3)cc21. The Morgan fingerprint density at radius 3 is 1.70 bits per heavy atom. The van der Waals surface area contributed by atoms with Crippen LogP contribution in [0, 0.1) is 0 Å². The van der Waals surface area contributed by atoms with Gasteiger partial charge in [-0.3, -0.25) is 0 Å². The summed E-state index contributed by atoms with van der Waals surface area (Å²) < 4.78 is 0. The van der Waals surface area contributed by atoms with E-state index in [0.29, 0.717) is 0 Å². The molecular weight excluding hydrogens is 324 g/mol. The second-order valence-electron chi connectivity index (χ2n) is 7.87. The quantitative estimate of drug-likeness (QED) is 0.356. The van der Waals surface area contributed by atoms with Crippen molar-refractivity contribution in [1.29, 1.82) is 0 Å². The van der Waals surface area contributed by atoms with Gasteiger partial charge < -0.3 is 0 Å². The minimum Gasteiger partial charge on any atom is -0.0622 e. The lowest BCUT2D eigenvalue weighted by Gasteiger charge is -2.22. The molecule has 0 nitrogen and oxygen atoms in total. The molecule has 0 amide bonds. The van der Waals surface area contributed by atoms with Crippen LogP contribution in [0.15, 0.2) is 97.1 Å². The zero-order chi connectivity index (χ0) is 18.4. The van der Waals surface area contributed by atoms with Crippen LogP contribution < -0.4 is 0 Å². The summed E-state index contributed by atoms with van der Waals surface area (Å²) in [6.45, 7) is 4.67. The van der Waals surface area contributed by atoms with Crippen molar-refractivity contribution in [3.05, 3.63) is 108 Å². The second kappa shape index (κ2) is 5.96. The van der Waals surface area contributed by atoms with Crippen molar-refractivity contribution in [1.82, 2.24) is 0 Å². The van der Waals surface area contributed by atoms with E-state index in [-0.39, 0.29) is 5.41 Å². The summed E-state index contributed by atoms with van der Waals surface area (Å²) in [5.41, 5.74) is 10.7. The number of rotatable bonds is 2.